The number of ketones is 1. The van der Waals surface area contributed by atoms with E-state index in [1.54, 1.807) is 20.3 Å². The Morgan fingerprint density at radius 3 is 2.58 bits per heavy atom. The third-order valence-electron chi connectivity index (χ3n) is 5.72. The standard InChI is InChI=1S/C23H27N3O4S/c1-6-31-22-25-20-19(21(28)26-22)17(12-7-8-15(29-4)16(9-12)30-5)18-13(24-20)10-23(2,3)11-14(18)27/h7-9,17H,6,10-11H2,1-5H3,(H2,24,25,26,28). The van der Waals surface area contributed by atoms with E-state index >= 15 is 0 Å². The second-order valence-electron chi connectivity index (χ2n) is 8.57. The van der Waals surface area contributed by atoms with Crippen molar-refractivity contribution in [2.75, 3.05) is 25.3 Å². The molecule has 0 saturated carbocycles. The number of hydrogen-bond acceptors (Lipinski definition) is 7. The van der Waals surface area contributed by atoms with Crippen LogP contribution < -0.4 is 20.3 Å². The number of ether oxygens (including phenoxy) is 2. The molecule has 0 amide bonds. The van der Waals surface area contributed by atoms with Crippen LogP contribution in [0.5, 0.6) is 11.5 Å². The van der Waals surface area contributed by atoms with E-state index in [0.29, 0.717) is 46.5 Å². The summed E-state index contributed by atoms with van der Waals surface area (Å²) in [5, 5.41) is 3.90. The van der Waals surface area contributed by atoms with E-state index in [-0.39, 0.29) is 16.8 Å². The SMILES string of the molecule is CCSc1nc2c(c(=O)[nH]1)C(c1ccc(OC)c(OC)c1)C1=C(CC(C)(C)CC1=O)N2. The number of hydrogen-bond donors (Lipinski definition) is 2. The Labute approximate surface area is 185 Å². The maximum Gasteiger partial charge on any atom is 0.257 e. The molecule has 8 heteroatoms. The number of allylic oxidation sites excluding steroid dienone is 2. The molecule has 1 aromatic heterocycles. The van der Waals surface area contributed by atoms with Crippen LogP contribution in [0.2, 0.25) is 0 Å². The van der Waals surface area contributed by atoms with Gasteiger partial charge in [0.25, 0.3) is 5.56 Å². The van der Waals surface area contributed by atoms with E-state index in [4.69, 9.17) is 9.47 Å². The van der Waals surface area contributed by atoms with Gasteiger partial charge in [-0.2, -0.15) is 0 Å². The van der Waals surface area contributed by atoms with Crippen LogP contribution in [0.15, 0.2) is 39.4 Å². The zero-order valence-corrected chi connectivity index (χ0v) is 19.2. The Kier molecular flexibility index (Phi) is 5.60. The summed E-state index contributed by atoms with van der Waals surface area (Å²) in [6.07, 6.45) is 1.14. The number of aromatic nitrogens is 2. The Hall–Kier alpha value is -2.74. The maximum absolute atomic E-state index is 13.3. The number of rotatable bonds is 5. The van der Waals surface area contributed by atoms with E-state index in [1.807, 2.05) is 19.1 Å². The lowest BCUT2D eigenvalue weighted by molar-refractivity contribution is -0.118. The quantitative estimate of drug-likeness (QED) is 0.533. The van der Waals surface area contributed by atoms with Crippen LogP contribution in [0.1, 0.15) is 50.7 Å². The highest BCUT2D eigenvalue weighted by Gasteiger charge is 2.42. The van der Waals surface area contributed by atoms with Crippen LogP contribution in [0.4, 0.5) is 5.82 Å². The van der Waals surface area contributed by atoms with Gasteiger partial charge in [-0.25, -0.2) is 4.98 Å². The lowest BCUT2D eigenvalue weighted by Crippen LogP contribution is -2.37. The number of fused-ring (bicyclic) bond motifs is 1. The molecule has 1 aromatic carbocycles. The molecule has 1 aliphatic carbocycles. The highest BCUT2D eigenvalue weighted by atomic mass is 32.2. The predicted molar refractivity (Wildman–Crippen MR) is 121 cm³/mol. The van der Waals surface area contributed by atoms with Gasteiger partial charge in [0, 0.05) is 23.6 Å². The second kappa shape index (κ2) is 8.07. The van der Waals surface area contributed by atoms with Gasteiger partial charge in [0.15, 0.2) is 22.4 Å². The molecule has 31 heavy (non-hydrogen) atoms. The van der Waals surface area contributed by atoms with E-state index in [1.165, 1.54) is 11.8 Å². The minimum atomic E-state index is -0.522. The molecule has 0 spiro atoms. The zero-order chi connectivity index (χ0) is 22.3. The van der Waals surface area contributed by atoms with Gasteiger partial charge in [0.1, 0.15) is 5.82 Å². The molecule has 2 aliphatic rings. The molecule has 0 radical (unpaired) electrons. The van der Waals surface area contributed by atoms with E-state index in [9.17, 15) is 9.59 Å². The number of methoxy groups -OCH3 is 2. The van der Waals surface area contributed by atoms with Gasteiger partial charge in [-0.05, 0) is 35.3 Å². The van der Waals surface area contributed by atoms with Crippen molar-refractivity contribution in [2.45, 2.75) is 44.7 Å². The Morgan fingerprint density at radius 1 is 1.16 bits per heavy atom. The number of benzene rings is 1. The topological polar surface area (TPSA) is 93.3 Å². The number of Topliss-reactive ketones (excluding diaryl/α,β-unsaturated/α-hetero) is 1. The highest BCUT2D eigenvalue weighted by molar-refractivity contribution is 7.99. The molecule has 1 unspecified atom stereocenters. The summed E-state index contributed by atoms with van der Waals surface area (Å²) in [6, 6.07) is 5.52. The number of nitrogens with zero attached hydrogens (tertiary/aromatic N) is 1. The molecule has 0 saturated heterocycles. The van der Waals surface area contributed by atoms with Crippen molar-refractivity contribution in [1.29, 1.82) is 0 Å². The number of carbonyl (C=O) groups is 1. The van der Waals surface area contributed by atoms with Crippen molar-refractivity contribution in [3.63, 3.8) is 0 Å². The van der Waals surface area contributed by atoms with Crippen LogP contribution in [0.25, 0.3) is 0 Å². The molecule has 2 heterocycles. The van der Waals surface area contributed by atoms with Gasteiger partial charge in [-0.1, -0.05) is 38.6 Å². The first-order valence-corrected chi connectivity index (χ1v) is 11.3. The Morgan fingerprint density at radius 2 is 1.90 bits per heavy atom. The van der Waals surface area contributed by atoms with Crippen molar-refractivity contribution in [1.82, 2.24) is 9.97 Å². The molecule has 164 valence electrons. The third kappa shape index (κ3) is 3.84. The summed E-state index contributed by atoms with van der Waals surface area (Å²) >= 11 is 1.47. The minimum absolute atomic E-state index is 0.0515. The van der Waals surface area contributed by atoms with Crippen LogP contribution in [-0.2, 0) is 4.79 Å². The van der Waals surface area contributed by atoms with E-state index in [2.05, 4.69) is 29.1 Å². The molecule has 4 rings (SSSR count). The molecule has 2 N–H and O–H groups in total. The molecule has 0 bridgehead atoms. The molecule has 1 atom stereocenters. The Bertz CT molecular complexity index is 1140. The highest BCUT2D eigenvalue weighted by Crippen LogP contribution is 2.48. The first-order chi connectivity index (χ1) is 14.8. The van der Waals surface area contributed by atoms with Crippen LogP contribution >= 0.6 is 11.8 Å². The number of H-pyrrole nitrogens is 1. The molecule has 7 nitrogen and oxygen atoms in total. The van der Waals surface area contributed by atoms with Crippen LogP contribution in [0, 0.1) is 5.41 Å². The van der Waals surface area contributed by atoms with Crippen LogP contribution in [-0.4, -0.2) is 35.7 Å². The summed E-state index contributed by atoms with van der Waals surface area (Å²) < 4.78 is 10.9. The fraction of sp³-hybridized carbons (Fsp3) is 0.435. The number of nitrogens with one attached hydrogen (secondary N) is 2. The van der Waals surface area contributed by atoms with Gasteiger partial charge in [0.05, 0.1) is 19.8 Å². The first kappa shape index (κ1) is 21.5. The third-order valence-corrected chi connectivity index (χ3v) is 6.48. The molecule has 1 aliphatic heterocycles. The lowest BCUT2D eigenvalue weighted by Gasteiger charge is -2.38. The van der Waals surface area contributed by atoms with Crippen molar-refractivity contribution >= 4 is 23.4 Å². The van der Waals surface area contributed by atoms with E-state index < -0.39 is 5.92 Å². The van der Waals surface area contributed by atoms with Gasteiger partial charge in [-0.3, -0.25) is 9.59 Å². The average molecular weight is 442 g/mol. The Balaban J connectivity index is 1.96. The maximum atomic E-state index is 13.3. The normalized spacial score (nSPS) is 19.4. The van der Waals surface area contributed by atoms with Gasteiger partial charge in [0.2, 0.25) is 0 Å². The van der Waals surface area contributed by atoms with Gasteiger partial charge < -0.3 is 19.8 Å². The smallest absolute Gasteiger partial charge is 0.257 e. The lowest BCUT2D eigenvalue weighted by atomic mass is 9.69. The summed E-state index contributed by atoms with van der Waals surface area (Å²) in [6.45, 7) is 6.18. The fourth-order valence-corrected chi connectivity index (χ4v) is 5.06. The molecular weight excluding hydrogens is 414 g/mol. The van der Waals surface area contributed by atoms with Gasteiger partial charge >= 0.3 is 0 Å². The number of anilines is 1. The summed E-state index contributed by atoms with van der Waals surface area (Å²) in [7, 11) is 3.14. The summed E-state index contributed by atoms with van der Waals surface area (Å²) in [5.41, 5.74) is 2.34. The number of carbonyl (C=O) groups excluding carboxylic acids is 1. The monoisotopic (exact) mass is 441 g/mol. The summed E-state index contributed by atoms with van der Waals surface area (Å²) in [4.78, 5) is 34.1. The van der Waals surface area contributed by atoms with Gasteiger partial charge in [-0.15, -0.1) is 0 Å². The van der Waals surface area contributed by atoms with Crippen LogP contribution in [0.3, 0.4) is 0 Å². The van der Waals surface area contributed by atoms with E-state index in [0.717, 1.165) is 17.0 Å². The first-order valence-electron chi connectivity index (χ1n) is 10.3. The van der Waals surface area contributed by atoms with Crippen molar-refractivity contribution in [3.05, 3.63) is 50.9 Å². The number of thioether (sulfide) groups is 1. The average Bonchev–Trinajstić information content (AvgIpc) is 2.71. The number of aromatic amines is 1. The summed E-state index contributed by atoms with van der Waals surface area (Å²) in [5.74, 6) is 1.98. The molecular formula is C23H27N3O4S. The predicted octanol–water partition coefficient (Wildman–Crippen LogP) is 4.10. The van der Waals surface area contributed by atoms with Crippen molar-refractivity contribution in [3.8, 4) is 11.5 Å². The zero-order valence-electron chi connectivity index (χ0n) is 18.4. The largest absolute Gasteiger partial charge is 0.493 e. The minimum Gasteiger partial charge on any atom is -0.493 e. The second-order valence-corrected chi connectivity index (χ2v) is 9.82. The molecule has 0 fully saturated rings. The molecule has 2 aromatic rings. The van der Waals surface area contributed by atoms with Crippen molar-refractivity contribution in [2.24, 2.45) is 5.41 Å². The van der Waals surface area contributed by atoms with Crippen molar-refractivity contribution < 1.29 is 14.3 Å². The fourth-order valence-electron chi connectivity index (χ4n) is 4.46.